The van der Waals surface area contributed by atoms with Gasteiger partial charge in [-0.25, -0.2) is 0 Å². The van der Waals surface area contributed by atoms with Crippen molar-refractivity contribution in [3.05, 3.63) is 71.3 Å². The van der Waals surface area contributed by atoms with Crippen LogP contribution < -0.4 is 11.1 Å². The van der Waals surface area contributed by atoms with E-state index in [-0.39, 0.29) is 11.8 Å². The van der Waals surface area contributed by atoms with E-state index < -0.39 is 5.91 Å². The van der Waals surface area contributed by atoms with Gasteiger partial charge in [0.1, 0.15) is 0 Å². The van der Waals surface area contributed by atoms with Crippen molar-refractivity contribution in [3.63, 3.8) is 0 Å². The second-order valence-corrected chi connectivity index (χ2v) is 5.64. The Kier molecular flexibility index (Phi) is 3.92. The predicted molar refractivity (Wildman–Crippen MR) is 84.1 cm³/mol. The molecule has 0 spiro atoms. The van der Waals surface area contributed by atoms with Crippen LogP contribution in [0.1, 0.15) is 33.8 Å². The highest BCUT2D eigenvalue weighted by molar-refractivity contribution is 5.92. The molecule has 2 aromatic rings. The van der Waals surface area contributed by atoms with Gasteiger partial charge in [0.2, 0.25) is 11.8 Å². The third-order valence-electron chi connectivity index (χ3n) is 4.03. The van der Waals surface area contributed by atoms with Gasteiger partial charge in [-0.2, -0.15) is 0 Å². The summed E-state index contributed by atoms with van der Waals surface area (Å²) < 4.78 is 0. The molecule has 2 aromatic carbocycles. The van der Waals surface area contributed by atoms with Crippen LogP contribution in [-0.2, 0) is 11.3 Å². The molecule has 22 heavy (non-hydrogen) atoms. The minimum Gasteiger partial charge on any atom is -0.366 e. The van der Waals surface area contributed by atoms with E-state index in [1.54, 1.807) is 18.2 Å². The van der Waals surface area contributed by atoms with Crippen molar-refractivity contribution in [2.45, 2.75) is 18.9 Å². The summed E-state index contributed by atoms with van der Waals surface area (Å²) in [4.78, 5) is 23.3. The van der Waals surface area contributed by atoms with Crippen LogP contribution in [0, 0.1) is 5.92 Å². The quantitative estimate of drug-likeness (QED) is 0.887. The van der Waals surface area contributed by atoms with Gasteiger partial charge >= 0.3 is 0 Å². The lowest BCUT2D eigenvalue weighted by Crippen LogP contribution is -2.25. The van der Waals surface area contributed by atoms with Crippen LogP contribution in [-0.4, -0.2) is 11.8 Å². The van der Waals surface area contributed by atoms with Crippen LogP contribution in [0.15, 0.2) is 54.6 Å². The first-order valence-electron chi connectivity index (χ1n) is 7.36. The first-order valence-corrected chi connectivity index (χ1v) is 7.36. The van der Waals surface area contributed by atoms with Crippen molar-refractivity contribution >= 4 is 11.8 Å². The van der Waals surface area contributed by atoms with Crippen LogP contribution in [0.2, 0.25) is 0 Å². The van der Waals surface area contributed by atoms with Gasteiger partial charge < -0.3 is 11.1 Å². The number of nitrogens with one attached hydrogen (secondary N) is 1. The fourth-order valence-corrected chi connectivity index (χ4v) is 2.71. The first-order chi connectivity index (χ1) is 10.6. The molecule has 0 unspecified atom stereocenters. The van der Waals surface area contributed by atoms with E-state index in [9.17, 15) is 9.59 Å². The summed E-state index contributed by atoms with van der Waals surface area (Å²) in [6.07, 6.45) is 0.900. The van der Waals surface area contributed by atoms with Gasteiger partial charge in [-0.05, 0) is 35.6 Å². The summed E-state index contributed by atoms with van der Waals surface area (Å²) in [5, 5.41) is 2.94. The number of nitrogens with two attached hydrogens (primary N) is 1. The molecule has 3 N–H and O–H groups in total. The van der Waals surface area contributed by atoms with Crippen LogP contribution >= 0.6 is 0 Å². The summed E-state index contributed by atoms with van der Waals surface area (Å²) in [6, 6.07) is 17.1. The molecule has 2 atom stereocenters. The monoisotopic (exact) mass is 294 g/mol. The molecule has 0 bridgehead atoms. The van der Waals surface area contributed by atoms with Gasteiger partial charge in [0.15, 0.2) is 0 Å². The summed E-state index contributed by atoms with van der Waals surface area (Å²) in [5.74, 6) is -0.00211. The molecule has 0 radical (unpaired) electrons. The van der Waals surface area contributed by atoms with Crippen LogP contribution in [0.3, 0.4) is 0 Å². The van der Waals surface area contributed by atoms with Gasteiger partial charge in [-0.3, -0.25) is 9.59 Å². The first kappa shape index (κ1) is 14.3. The number of primary amides is 1. The van der Waals surface area contributed by atoms with Gasteiger partial charge in [0, 0.05) is 18.0 Å². The van der Waals surface area contributed by atoms with Crippen molar-refractivity contribution in [2.24, 2.45) is 11.7 Å². The molecule has 4 heteroatoms. The second kappa shape index (κ2) is 6.02. The highest BCUT2D eigenvalue weighted by atomic mass is 16.2. The Morgan fingerprint density at radius 1 is 1.09 bits per heavy atom. The molecule has 1 saturated carbocycles. The van der Waals surface area contributed by atoms with Gasteiger partial charge in [-0.15, -0.1) is 0 Å². The molecule has 112 valence electrons. The maximum absolute atomic E-state index is 12.2. The molecule has 0 aromatic heterocycles. The number of amides is 2. The predicted octanol–water partition coefficient (Wildman–Crippen LogP) is 2.21. The molecule has 1 aliphatic carbocycles. The number of rotatable bonds is 5. The van der Waals surface area contributed by atoms with Crippen molar-refractivity contribution in [1.82, 2.24) is 5.32 Å². The summed E-state index contributed by atoms with van der Waals surface area (Å²) >= 11 is 0. The molecule has 0 heterocycles. The maximum atomic E-state index is 12.2. The SMILES string of the molecule is NC(=O)c1cccc(CNC(=O)[C@H]2C[C@H]2c2ccccc2)c1. The normalized spacial score (nSPS) is 19.5. The summed E-state index contributed by atoms with van der Waals surface area (Å²) in [7, 11) is 0. The molecule has 2 amide bonds. The minimum absolute atomic E-state index is 0.0572. The third-order valence-corrected chi connectivity index (χ3v) is 4.03. The standard InChI is InChI=1S/C18H18N2O2/c19-17(21)14-8-4-5-12(9-14)11-20-18(22)16-10-15(16)13-6-2-1-3-7-13/h1-9,15-16H,10-11H2,(H2,19,21)(H,20,22)/t15-,16-/m0/s1. The lowest BCUT2D eigenvalue weighted by Gasteiger charge is -2.06. The van der Waals surface area contributed by atoms with E-state index in [1.165, 1.54) is 5.56 Å². The number of hydrogen-bond donors (Lipinski definition) is 2. The number of hydrogen-bond acceptors (Lipinski definition) is 2. The van der Waals surface area contributed by atoms with Crippen molar-refractivity contribution in [2.75, 3.05) is 0 Å². The Morgan fingerprint density at radius 3 is 2.59 bits per heavy atom. The lowest BCUT2D eigenvalue weighted by atomic mass is 10.1. The largest absolute Gasteiger partial charge is 0.366 e. The molecule has 1 aliphatic rings. The summed E-state index contributed by atoms with van der Waals surface area (Å²) in [6.45, 7) is 0.415. The average molecular weight is 294 g/mol. The van der Waals surface area contributed by atoms with E-state index in [4.69, 9.17) is 5.73 Å². The van der Waals surface area contributed by atoms with E-state index in [0.29, 0.717) is 18.0 Å². The third kappa shape index (κ3) is 3.17. The van der Waals surface area contributed by atoms with Gasteiger partial charge in [0.05, 0.1) is 0 Å². The maximum Gasteiger partial charge on any atom is 0.248 e. The van der Waals surface area contributed by atoms with E-state index in [1.807, 2.05) is 24.3 Å². The smallest absolute Gasteiger partial charge is 0.248 e. The highest BCUT2D eigenvalue weighted by Crippen LogP contribution is 2.47. The van der Waals surface area contributed by atoms with Gasteiger partial charge in [-0.1, -0.05) is 42.5 Å². The molecule has 4 nitrogen and oxygen atoms in total. The molecule has 1 fully saturated rings. The Balaban J connectivity index is 1.56. The molecular weight excluding hydrogens is 276 g/mol. The zero-order valence-electron chi connectivity index (χ0n) is 12.2. The van der Waals surface area contributed by atoms with E-state index in [0.717, 1.165) is 12.0 Å². The second-order valence-electron chi connectivity index (χ2n) is 5.64. The highest BCUT2D eigenvalue weighted by Gasteiger charge is 2.43. The van der Waals surface area contributed by atoms with Crippen molar-refractivity contribution in [1.29, 1.82) is 0 Å². The number of benzene rings is 2. The molecule has 0 saturated heterocycles. The van der Waals surface area contributed by atoms with E-state index >= 15 is 0 Å². The molecule has 0 aliphatic heterocycles. The van der Waals surface area contributed by atoms with Crippen LogP contribution in [0.4, 0.5) is 0 Å². The van der Waals surface area contributed by atoms with Crippen molar-refractivity contribution < 1.29 is 9.59 Å². The zero-order chi connectivity index (χ0) is 15.5. The fraction of sp³-hybridized carbons (Fsp3) is 0.222. The topological polar surface area (TPSA) is 72.2 Å². The molecular formula is C18H18N2O2. The Bertz CT molecular complexity index is 697. The molecule has 3 rings (SSSR count). The average Bonchev–Trinajstić information content (AvgIpc) is 3.34. The van der Waals surface area contributed by atoms with E-state index in [2.05, 4.69) is 17.4 Å². The van der Waals surface area contributed by atoms with Gasteiger partial charge in [0.25, 0.3) is 0 Å². The lowest BCUT2D eigenvalue weighted by molar-refractivity contribution is -0.122. The number of carbonyl (C=O) groups is 2. The fourth-order valence-electron chi connectivity index (χ4n) is 2.71. The Hall–Kier alpha value is -2.62. The number of carbonyl (C=O) groups excluding carboxylic acids is 2. The zero-order valence-corrected chi connectivity index (χ0v) is 12.2. The Labute approximate surface area is 129 Å². The Morgan fingerprint density at radius 2 is 1.86 bits per heavy atom. The van der Waals surface area contributed by atoms with Crippen LogP contribution in [0.25, 0.3) is 0 Å². The summed E-state index contributed by atoms with van der Waals surface area (Å²) in [5.41, 5.74) is 7.81. The minimum atomic E-state index is -0.459. The van der Waals surface area contributed by atoms with Crippen molar-refractivity contribution in [3.8, 4) is 0 Å². The van der Waals surface area contributed by atoms with Crippen LogP contribution in [0.5, 0.6) is 0 Å².